The van der Waals surface area contributed by atoms with Gasteiger partial charge in [-0.05, 0) is 129 Å². The number of benzene rings is 2. The molecule has 1 aliphatic rings. The molecule has 0 spiro atoms. The molecule has 0 aliphatic carbocycles. The number of hydrogen-bond donors (Lipinski definition) is 0. The van der Waals surface area contributed by atoms with Gasteiger partial charge in [-0.2, -0.15) is 12.8 Å². The van der Waals surface area contributed by atoms with Gasteiger partial charge in [0.05, 0.1) is 0 Å². The number of aryl methyl sites for hydroxylation is 4. The Bertz CT molecular complexity index is 1770. The third kappa shape index (κ3) is 37.1. The fourth-order valence-corrected chi connectivity index (χ4v) is 13.0. The Kier molecular flexibility index (Phi) is 57.3. The Labute approximate surface area is 538 Å². The molecule has 0 unspecified atom stereocenters. The molecule has 0 saturated heterocycles. The van der Waals surface area contributed by atoms with Gasteiger partial charge in [-0.25, -0.2) is 4.70 Å². The second kappa shape index (κ2) is 58.7. The zero-order chi connectivity index (χ0) is 60.8. The van der Waals surface area contributed by atoms with Crippen molar-refractivity contribution in [2.75, 3.05) is 0 Å². The van der Waals surface area contributed by atoms with Crippen LogP contribution in [0.25, 0.3) is 16.9 Å². The topological polar surface area (TPSA) is 25.3 Å². The first-order valence-corrected chi connectivity index (χ1v) is 37.5. The minimum atomic E-state index is 0. The predicted octanol–water partition coefficient (Wildman–Crippen LogP) is 28.3. The summed E-state index contributed by atoms with van der Waals surface area (Å²) in [6.45, 7) is 30.7. The average Bonchev–Trinajstić information content (AvgIpc) is 2.30. The van der Waals surface area contributed by atoms with Crippen molar-refractivity contribution in [2.24, 2.45) is 0 Å². The number of unbranched alkanes of at least 4 members (excludes halogenated alkanes) is 37. The van der Waals surface area contributed by atoms with Crippen LogP contribution in [-0.4, -0.2) is 4.70 Å². The Balaban J connectivity index is 0.00000140. The van der Waals surface area contributed by atoms with E-state index in [1.807, 2.05) is 0 Å². The van der Waals surface area contributed by atoms with Gasteiger partial charge in [0.25, 0.3) is 0 Å². The van der Waals surface area contributed by atoms with E-state index in [2.05, 4.69) is 107 Å². The van der Waals surface area contributed by atoms with E-state index in [0.717, 1.165) is 94.9 Å². The largest absolute Gasteiger partial charge is 2.00 e. The molecule has 3 rings (SSSR count). The summed E-state index contributed by atoms with van der Waals surface area (Å²) in [6, 6.07) is 9.73. The molecular formula is C81H144N2Ni. The Hall–Kier alpha value is -1.99. The van der Waals surface area contributed by atoms with Crippen molar-refractivity contribution in [3.63, 3.8) is 0 Å². The Morgan fingerprint density at radius 3 is 0.750 bits per heavy atom. The third-order valence-corrected chi connectivity index (χ3v) is 18.1. The summed E-state index contributed by atoms with van der Waals surface area (Å²) in [5, 5.41) is 0. The molecule has 3 heteroatoms. The molecule has 0 bridgehead atoms. The van der Waals surface area contributed by atoms with E-state index in [4.69, 9.17) is 0 Å². The summed E-state index contributed by atoms with van der Waals surface area (Å²) in [4.78, 5) is 0. The van der Waals surface area contributed by atoms with Gasteiger partial charge in [0.15, 0.2) is 0 Å². The molecule has 0 fully saturated rings. The maximum atomic E-state index is 12.2. The van der Waals surface area contributed by atoms with Crippen LogP contribution >= 0.6 is 0 Å². The molecular weight excluding hydrogens is 1060 g/mol. The van der Waals surface area contributed by atoms with Crippen LogP contribution in [0.1, 0.15) is 416 Å². The summed E-state index contributed by atoms with van der Waals surface area (Å²) >= 11 is 0. The van der Waals surface area contributed by atoms with Gasteiger partial charge in [-0.1, -0.05) is 326 Å². The quantitative estimate of drug-likeness (QED) is 0.0273. The van der Waals surface area contributed by atoms with Crippen molar-refractivity contribution in [2.45, 2.75) is 410 Å². The molecule has 0 radical (unpaired) electrons. The van der Waals surface area contributed by atoms with Crippen LogP contribution in [0.4, 0.5) is 0 Å². The van der Waals surface area contributed by atoms with Crippen molar-refractivity contribution < 1.29 is 21.2 Å². The third-order valence-electron chi connectivity index (χ3n) is 18.1. The van der Waals surface area contributed by atoms with Crippen LogP contribution in [0.3, 0.4) is 0 Å². The zero-order valence-corrected chi connectivity index (χ0v) is 59.4. The molecule has 84 heavy (non-hydrogen) atoms. The van der Waals surface area contributed by atoms with Crippen LogP contribution in [0.2, 0.25) is 0 Å². The Morgan fingerprint density at radius 2 is 0.512 bits per heavy atom. The van der Waals surface area contributed by atoms with Gasteiger partial charge >= 0.3 is 16.5 Å². The van der Waals surface area contributed by atoms with Crippen molar-refractivity contribution in [3.8, 4) is 0 Å². The fourth-order valence-electron chi connectivity index (χ4n) is 13.0. The van der Waals surface area contributed by atoms with E-state index >= 15 is 0 Å². The molecule has 0 N–H and O–H groups in total. The molecule has 2 nitrogen and oxygen atoms in total. The molecule has 488 valence electrons. The van der Waals surface area contributed by atoms with Crippen molar-refractivity contribution in [1.29, 1.82) is 0 Å². The summed E-state index contributed by atoms with van der Waals surface area (Å²) in [6.07, 6.45) is 71.1. The number of allylic oxidation sites excluding steroid dienone is 2. The second-order valence-electron chi connectivity index (χ2n) is 26.0. The van der Waals surface area contributed by atoms with E-state index in [-0.39, 0.29) is 16.5 Å². The minimum Gasteiger partial charge on any atom is -0.493 e. The first-order chi connectivity index (χ1) is 40.7. The van der Waals surface area contributed by atoms with Crippen molar-refractivity contribution >= 4 is 11.4 Å². The smallest absolute Gasteiger partial charge is 0.493 e. The molecule has 2 aromatic rings. The maximum absolute atomic E-state index is 12.2. The summed E-state index contributed by atoms with van der Waals surface area (Å²) in [5.41, 5.74) is 28.4. The first-order valence-electron chi connectivity index (χ1n) is 37.5. The van der Waals surface area contributed by atoms with Gasteiger partial charge in [-0.3, -0.25) is 0 Å². The van der Waals surface area contributed by atoms with E-state index in [1.54, 1.807) is 15.8 Å². The minimum absolute atomic E-state index is 0. The SMILES string of the molecule is CCCCC1=C(c2cc(CCC)c(CCCC)c(CCC)c2)[N+](=[N-])C(c2cc(CCC)c(CCCC)c(CCC)c2)=C1C.[CH2-]CCCCCCCCCCCCCCCCCCC.[CH2-]CCCCCCCCCCCCCCCCCCC.[Ni+2]. The first kappa shape index (κ1) is 82.0. The van der Waals surface area contributed by atoms with Gasteiger partial charge in [-0.15, -0.1) is 0 Å². The van der Waals surface area contributed by atoms with Gasteiger partial charge in [0.1, 0.15) is 0 Å². The fraction of sp³-hybridized carbons (Fsp3) is 0.778. The van der Waals surface area contributed by atoms with E-state index in [0.29, 0.717) is 0 Å². The number of nitrogens with zero attached hydrogens (tertiary/aromatic N) is 2. The molecule has 0 amide bonds. The van der Waals surface area contributed by atoms with Crippen LogP contribution in [-0.2, 0) is 55.0 Å². The summed E-state index contributed by atoms with van der Waals surface area (Å²) in [7, 11) is 0. The molecule has 0 aromatic heterocycles. The van der Waals surface area contributed by atoms with Gasteiger partial charge < -0.3 is 19.4 Å². The monoisotopic (exact) mass is 1200 g/mol. The molecule has 2 aromatic carbocycles. The molecule has 1 heterocycles. The van der Waals surface area contributed by atoms with Crippen molar-refractivity contribution in [1.82, 2.24) is 0 Å². The standard InChI is InChI=1S/C41H62N2.2C20H41.Ni/c1-9-16-23-37-30(8)40(35-26-31(19-12-4)38(24-17-10-2)32(27-35)20-13-5)43(42)41(37)36-28-33(21-14-6)39(25-18-11-3)34(29-36)22-15-7;2*1-3-5-7-9-11-13-15-17-19-20-18-16-14-12-10-8-6-4-2;/h26-29H,9-25H2,1-8H3;2*1,3-20H2,2H3;/q;2*-1;+2. The molecule has 0 atom stereocenters. The predicted molar refractivity (Wildman–Crippen MR) is 377 cm³/mol. The van der Waals surface area contributed by atoms with Crippen LogP contribution in [0.5, 0.6) is 0 Å². The van der Waals surface area contributed by atoms with E-state index in [9.17, 15) is 5.53 Å². The van der Waals surface area contributed by atoms with Gasteiger partial charge in [0.2, 0.25) is 11.4 Å². The summed E-state index contributed by atoms with van der Waals surface area (Å²) < 4.78 is 1.60. The van der Waals surface area contributed by atoms with Crippen molar-refractivity contribution in [3.05, 3.63) is 99.3 Å². The average molecular weight is 1200 g/mol. The zero-order valence-electron chi connectivity index (χ0n) is 58.4. The normalized spacial score (nSPS) is 12.3. The molecule has 1 aliphatic heterocycles. The van der Waals surface area contributed by atoms with Crippen LogP contribution < -0.4 is 0 Å². The van der Waals surface area contributed by atoms with E-state index < -0.39 is 0 Å². The Morgan fingerprint density at radius 1 is 0.286 bits per heavy atom. The van der Waals surface area contributed by atoms with Crippen LogP contribution in [0.15, 0.2) is 35.4 Å². The maximum Gasteiger partial charge on any atom is 2.00 e. The summed E-state index contributed by atoms with van der Waals surface area (Å²) in [5.74, 6) is 0. The number of hydrogen-bond acceptors (Lipinski definition) is 0. The number of rotatable bonds is 53. The van der Waals surface area contributed by atoms with Gasteiger partial charge in [0, 0.05) is 22.3 Å². The van der Waals surface area contributed by atoms with E-state index in [1.165, 1.54) is 301 Å². The second-order valence-corrected chi connectivity index (χ2v) is 26.0. The van der Waals surface area contributed by atoms with Crippen LogP contribution in [0, 0.1) is 13.8 Å². The molecule has 0 saturated carbocycles.